The standard InChI is InChI=1S/C16H16F2N2O3/c17-12-2-1-11(13(18)6-12)5-16(23)19-7-10(8-19)9-20-14(21)3-4-15(20)22/h1-2,6,10H,3-5,7-9H2. The molecule has 3 amide bonds. The van der Waals surface area contributed by atoms with Gasteiger partial charge in [0.15, 0.2) is 0 Å². The summed E-state index contributed by atoms with van der Waals surface area (Å²) < 4.78 is 26.4. The molecule has 0 spiro atoms. The van der Waals surface area contributed by atoms with E-state index in [0.29, 0.717) is 19.6 Å². The Morgan fingerprint density at radius 1 is 1.13 bits per heavy atom. The second kappa shape index (κ2) is 6.06. The first kappa shape index (κ1) is 15.6. The fourth-order valence-corrected chi connectivity index (χ4v) is 2.91. The van der Waals surface area contributed by atoms with Crippen molar-refractivity contribution in [3.8, 4) is 0 Å². The molecule has 2 fully saturated rings. The summed E-state index contributed by atoms with van der Waals surface area (Å²) in [6, 6.07) is 3.14. The lowest BCUT2D eigenvalue weighted by Crippen LogP contribution is -2.54. The van der Waals surface area contributed by atoms with Crippen LogP contribution in [0.2, 0.25) is 0 Å². The van der Waals surface area contributed by atoms with Gasteiger partial charge in [-0.1, -0.05) is 6.07 Å². The molecule has 0 aromatic heterocycles. The number of carbonyl (C=O) groups excluding carboxylic acids is 3. The third-order valence-corrected chi connectivity index (χ3v) is 4.26. The van der Waals surface area contributed by atoms with Crippen molar-refractivity contribution >= 4 is 17.7 Å². The van der Waals surface area contributed by atoms with E-state index in [9.17, 15) is 23.2 Å². The van der Waals surface area contributed by atoms with Crippen LogP contribution in [0.25, 0.3) is 0 Å². The molecule has 2 saturated heterocycles. The molecule has 1 aromatic carbocycles. The molecule has 0 aliphatic carbocycles. The molecule has 0 radical (unpaired) electrons. The third kappa shape index (κ3) is 3.23. The highest BCUT2D eigenvalue weighted by molar-refractivity contribution is 6.01. The number of likely N-dealkylation sites (tertiary alicyclic amines) is 2. The molecule has 23 heavy (non-hydrogen) atoms. The molecule has 2 heterocycles. The van der Waals surface area contributed by atoms with E-state index >= 15 is 0 Å². The summed E-state index contributed by atoms with van der Waals surface area (Å²) in [5, 5.41) is 0. The van der Waals surface area contributed by atoms with E-state index in [1.54, 1.807) is 4.90 Å². The van der Waals surface area contributed by atoms with E-state index in [4.69, 9.17) is 0 Å². The Bertz CT molecular complexity index is 655. The maximum absolute atomic E-state index is 13.5. The second-order valence-corrected chi connectivity index (χ2v) is 5.98. The van der Waals surface area contributed by atoms with E-state index < -0.39 is 11.6 Å². The highest BCUT2D eigenvalue weighted by Gasteiger charge is 2.36. The van der Waals surface area contributed by atoms with Crippen LogP contribution in [0.3, 0.4) is 0 Å². The molecule has 0 unspecified atom stereocenters. The quantitative estimate of drug-likeness (QED) is 0.781. The predicted octanol–water partition coefficient (Wildman–Crippen LogP) is 1.11. The van der Waals surface area contributed by atoms with Crippen LogP contribution in [0.1, 0.15) is 18.4 Å². The molecule has 3 rings (SSSR count). The summed E-state index contributed by atoms with van der Waals surface area (Å²) in [7, 11) is 0. The van der Waals surface area contributed by atoms with Crippen molar-refractivity contribution < 1.29 is 23.2 Å². The lowest BCUT2D eigenvalue weighted by atomic mass is 9.98. The topological polar surface area (TPSA) is 57.7 Å². The maximum Gasteiger partial charge on any atom is 0.229 e. The van der Waals surface area contributed by atoms with Gasteiger partial charge in [-0.05, 0) is 11.6 Å². The zero-order valence-corrected chi connectivity index (χ0v) is 12.4. The van der Waals surface area contributed by atoms with Gasteiger partial charge in [-0.15, -0.1) is 0 Å². The fraction of sp³-hybridized carbons (Fsp3) is 0.438. The number of imide groups is 1. The number of benzene rings is 1. The van der Waals surface area contributed by atoms with Crippen LogP contribution < -0.4 is 0 Å². The lowest BCUT2D eigenvalue weighted by Gasteiger charge is -2.40. The average Bonchev–Trinajstić information content (AvgIpc) is 2.76. The molecule has 7 heteroatoms. The zero-order valence-electron chi connectivity index (χ0n) is 12.4. The van der Waals surface area contributed by atoms with E-state index in [1.807, 2.05) is 0 Å². The third-order valence-electron chi connectivity index (χ3n) is 4.26. The number of hydrogen-bond acceptors (Lipinski definition) is 3. The van der Waals surface area contributed by atoms with Gasteiger partial charge >= 0.3 is 0 Å². The van der Waals surface area contributed by atoms with Gasteiger partial charge in [-0.3, -0.25) is 19.3 Å². The number of rotatable bonds is 4. The second-order valence-electron chi connectivity index (χ2n) is 5.98. The molecular weight excluding hydrogens is 306 g/mol. The van der Waals surface area contributed by atoms with Crippen molar-refractivity contribution in [2.75, 3.05) is 19.6 Å². The molecule has 2 aliphatic rings. The van der Waals surface area contributed by atoms with E-state index in [0.717, 1.165) is 12.1 Å². The molecule has 0 atom stereocenters. The van der Waals surface area contributed by atoms with Gasteiger partial charge in [0.2, 0.25) is 17.7 Å². The minimum absolute atomic E-state index is 0.0722. The number of amides is 3. The minimum atomic E-state index is -0.733. The van der Waals surface area contributed by atoms with Crippen LogP contribution in [0.5, 0.6) is 0 Å². The first-order valence-electron chi connectivity index (χ1n) is 7.49. The monoisotopic (exact) mass is 322 g/mol. The van der Waals surface area contributed by atoms with Gasteiger partial charge in [0.1, 0.15) is 11.6 Å². The van der Waals surface area contributed by atoms with Crippen molar-refractivity contribution in [3.05, 3.63) is 35.4 Å². The molecule has 0 N–H and O–H groups in total. The summed E-state index contributed by atoms with van der Waals surface area (Å²) in [5.74, 6) is -1.90. The van der Waals surface area contributed by atoms with E-state index in [1.165, 1.54) is 11.0 Å². The lowest BCUT2D eigenvalue weighted by molar-refractivity contribution is -0.142. The van der Waals surface area contributed by atoms with Gasteiger partial charge in [0, 0.05) is 44.5 Å². The Morgan fingerprint density at radius 2 is 1.78 bits per heavy atom. The van der Waals surface area contributed by atoms with Crippen LogP contribution in [0.4, 0.5) is 8.78 Å². The van der Waals surface area contributed by atoms with E-state index in [-0.39, 0.29) is 48.5 Å². The summed E-state index contributed by atoms with van der Waals surface area (Å²) in [6.07, 6.45) is 0.399. The van der Waals surface area contributed by atoms with Crippen molar-refractivity contribution in [2.45, 2.75) is 19.3 Å². The van der Waals surface area contributed by atoms with Gasteiger partial charge in [-0.25, -0.2) is 8.78 Å². The Hall–Kier alpha value is -2.31. The van der Waals surface area contributed by atoms with Gasteiger partial charge in [0.05, 0.1) is 6.42 Å². The highest BCUT2D eigenvalue weighted by atomic mass is 19.1. The number of nitrogens with zero attached hydrogens (tertiary/aromatic N) is 2. The van der Waals surface area contributed by atoms with Crippen molar-refractivity contribution in [2.24, 2.45) is 5.92 Å². The van der Waals surface area contributed by atoms with Crippen molar-refractivity contribution in [1.82, 2.24) is 9.80 Å². The van der Waals surface area contributed by atoms with Gasteiger partial charge in [-0.2, -0.15) is 0 Å². The van der Waals surface area contributed by atoms with Crippen molar-refractivity contribution in [1.29, 1.82) is 0 Å². The van der Waals surface area contributed by atoms with Crippen molar-refractivity contribution in [3.63, 3.8) is 0 Å². The Labute approximate surface area is 131 Å². The average molecular weight is 322 g/mol. The van der Waals surface area contributed by atoms with Gasteiger partial charge < -0.3 is 4.90 Å². The first-order chi connectivity index (χ1) is 10.9. The minimum Gasteiger partial charge on any atom is -0.342 e. The molecule has 2 aliphatic heterocycles. The van der Waals surface area contributed by atoms with Crippen LogP contribution >= 0.6 is 0 Å². The number of hydrogen-bond donors (Lipinski definition) is 0. The molecule has 0 saturated carbocycles. The SMILES string of the molecule is O=C(Cc1ccc(F)cc1F)N1CC(CN2C(=O)CCC2=O)C1. The smallest absolute Gasteiger partial charge is 0.229 e. The van der Waals surface area contributed by atoms with Crippen LogP contribution in [-0.4, -0.2) is 47.2 Å². The molecule has 5 nitrogen and oxygen atoms in total. The summed E-state index contributed by atoms with van der Waals surface area (Å²) in [6.45, 7) is 1.23. The summed E-state index contributed by atoms with van der Waals surface area (Å²) >= 11 is 0. The molecule has 122 valence electrons. The summed E-state index contributed by atoms with van der Waals surface area (Å²) in [4.78, 5) is 37.9. The van der Waals surface area contributed by atoms with E-state index in [2.05, 4.69) is 0 Å². The van der Waals surface area contributed by atoms with Crippen LogP contribution in [0, 0.1) is 17.6 Å². The largest absolute Gasteiger partial charge is 0.342 e. The number of carbonyl (C=O) groups is 3. The zero-order chi connectivity index (χ0) is 16.6. The number of halogens is 2. The molecule has 0 bridgehead atoms. The van der Waals surface area contributed by atoms with Gasteiger partial charge in [0.25, 0.3) is 0 Å². The highest BCUT2D eigenvalue weighted by Crippen LogP contribution is 2.22. The fourth-order valence-electron chi connectivity index (χ4n) is 2.91. The Kier molecular flexibility index (Phi) is 4.11. The molecular formula is C16H16F2N2O3. The Balaban J connectivity index is 1.50. The van der Waals surface area contributed by atoms with Crippen LogP contribution in [-0.2, 0) is 20.8 Å². The Morgan fingerprint density at radius 3 is 2.39 bits per heavy atom. The van der Waals surface area contributed by atoms with Crippen LogP contribution in [0.15, 0.2) is 18.2 Å². The predicted molar refractivity (Wildman–Crippen MR) is 76.1 cm³/mol. The first-order valence-corrected chi connectivity index (χ1v) is 7.49. The maximum atomic E-state index is 13.5. The molecule has 1 aromatic rings. The summed E-state index contributed by atoms with van der Waals surface area (Å²) in [5.41, 5.74) is 0.157. The normalized spacial score (nSPS) is 18.5.